The van der Waals surface area contributed by atoms with Crippen molar-refractivity contribution >= 4 is 0 Å². The van der Waals surface area contributed by atoms with Crippen molar-refractivity contribution in [1.82, 2.24) is 31.9 Å². The van der Waals surface area contributed by atoms with E-state index in [4.69, 9.17) is 18.9 Å². The summed E-state index contributed by atoms with van der Waals surface area (Å²) in [5.74, 6) is 3.58. The van der Waals surface area contributed by atoms with Crippen molar-refractivity contribution in [1.29, 1.82) is 0 Å². The fraction of sp³-hybridized carbons (Fsp3) is 0.571. The Bertz CT molecular complexity index is 1800. The number of nitrogens with one attached hydrogen (secondary N) is 6. The Morgan fingerprint density at radius 1 is 0.288 bits per heavy atom. The van der Waals surface area contributed by atoms with Gasteiger partial charge in [-0.15, -0.1) is 0 Å². The number of rotatable bonds is 0. The minimum Gasteiger partial charge on any atom is -0.490 e. The van der Waals surface area contributed by atoms with E-state index in [1.54, 1.807) is 0 Å². The zero-order chi connectivity index (χ0) is 47.8. The fourth-order valence-electron chi connectivity index (χ4n) is 7.76. The minimum absolute atomic E-state index is 0.0359. The molecule has 0 fully saturated rings. The van der Waals surface area contributed by atoms with Crippen LogP contribution in [0.15, 0.2) is 72.8 Å². The van der Waals surface area contributed by atoms with E-state index in [0.29, 0.717) is 26.4 Å². The van der Waals surface area contributed by atoms with E-state index in [9.17, 15) is 0 Å². The maximum Gasteiger partial charge on any atom is 0.123 e. The first-order valence-corrected chi connectivity index (χ1v) is 24.6. The van der Waals surface area contributed by atoms with E-state index < -0.39 is 0 Å². The Balaban J connectivity index is 1.27. The molecule has 4 aromatic carbocycles. The maximum atomic E-state index is 6.43. The highest BCUT2D eigenvalue weighted by Crippen LogP contribution is 2.32. The third-order valence-corrected chi connectivity index (χ3v) is 12.1. The molecule has 1 aliphatic heterocycles. The van der Waals surface area contributed by atoms with Gasteiger partial charge in [0.1, 0.15) is 49.4 Å². The van der Waals surface area contributed by atoms with Gasteiger partial charge in [-0.05, 0) is 68.2 Å². The van der Waals surface area contributed by atoms with Gasteiger partial charge in [-0.25, -0.2) is 0 Å². The maximum absolute atomic E-state index is 6.43. The molecule has 0 bridgehead atoms. The lowest BCUT2D eigenvalue weighted by Crippen LogP contribution is -2.32. The predicted octanol–water partition coefficient (Wildman–Crippen LogP) is 9.04. The molecule has 1 aliphatic rings. The highest BCUT2D eigenvalue weighted by molar-refractivity contribution is 5.43. The topological polar surface area (TPSA) is 109 Å². The van der Waals surface area contributed by atoms with Gasteiger partial charge in [0.05, 0.1) is 0 Å². The molecule has 0 saturated heterocycles. The summed E-state index contributed by atoms with van der Waals surface area (Å²) in [6.45, 7) is 38.5. The number of benzene rings is 4. The van der Waals surface area contributed by atoms with Gasteiger partial charge in [0.15, 0.2) is 0 Å². The molecule has 66 heavy (non-hydrogen) atoms. The summed E-state index contributed by atoms with van der Waals surface area (Å²) in [6, 6.07) is 26.4. The van der Waals surface area contributed by atoms with Crippen LogP contribution in [-0.4, -0.2) is 78.8 Å². The number of hydrogen-bond acceptors (Lipinski definition) is 10. The molecule has 364 valence electrons. The second kappa shape index (κ2) is 24.7. The highest BCUT2D eigenvalue weighted by atomic mass is 16.5. The van der Waals surface area contributed by atoms with E-state index >= 15 is 0 Å². The monoisotopic (exact) mass is 907 g/mol. The molecule has 0 radical (unpaired) electrons. The van der Waals surface area contributed by atoms with Crippen molar-refractivity contribution in [2.24, 2.45) is 0 Å². The first-order valence-electron chi connectivity index (χ1n) is 24.6. The molecule has 0 aliphatic carbocycles. The molecule has 0 spiro atoms. The van der Waals surface area contributed by atoms with Gasteiger partial charge in [0, 0.05) is 101 Å². The third-order valence-electron chi connectivity index (χ3n) is 12.1. The van der Waals surface area contributed by atoms with Crippen molar-refractivity contribution in [2.75, 3.05) is 78.8 Å². The van der Waals surface area contributed by atoms with Crippen molar-refractivity contribution in [2.45, 2.75) is 131 Å². The predicted molar refractivity (Wildman–Crippen MR) is 275 cm³/mol. The van der Waals surface area contributed by atoms with Gasteiger partial charge < -0.3 is 50.8 Å². The van der Waals surface area contributed by atoms with Gasteiger partial charge in [0.25, 0.3) is 0 Å². The quantitative estimate of drug-likeness (QED) is 0.102. The Morgan fingerprint density at radius 3 is 0.682 bits per heavy atom. The number of fused-ring (bicyclic) bond motifs is 4. The van der Waals surface area contributed by atoms with E-state index in [0.717, 1.165) is 124 Å². The normalized spacial score (nSPS) is 17.2. The summed E-state index contributed by atoms with van der Waals surface area (Å²) < 4.78 is 25.7. The second-order valence-electron chi connectivity index (χ2n) is 21.9. The highest BCUT2D eigenvalue weighted by Gasteiger charge is 2.20. The van der Waals surface area contributed by atoms with Gasteiger partial charge in [0.2, 0.25) is 0 Å². The summed E-state index contributed by atoms with van der Waals surface area (Å²) >= 11 is 0. The molecule has 0 atom stereocenters. The molecule has 1 heterocycles. The first-order chi connectivity index (χ1) is 31.3. The van der Waals surface area contributed by atoms with Crippen LogP contribution in [0.5, 0.6) is 23.0 Å². The first kappa shape index (κ1) is 52.8. The van der Waals surface area contributed by atoms with Crippen LogP contribution in [0.3, 0.4) is 0 Å². The fourth-order valence-corrected chi connectivity index (χ4v) is 7.76. The van der Waals surface area contributed by atoms with Crippen LogP contribution in [0, 0.1) is 0 Å². The molecular formula is C56H86N6O4. The van der Waals surface area contributed by atoms with Gasteiger partial charge in [-0.1, -0.05) is 132 Å². The van der Waals surface area contributed by atoms with Crippen molar-refractivity contribution in [3.8, 4) is 23.0 Å². The molecule has 0 saturated carbocycles. The molecule has 0 amide bonds. The molecule has 10 nitrogen and oxygen atoms in total. The summed E-state index contributed by atoms with van der Waals surface area (Å²) in [5.41, 5.74) is 9.94. The van der Waals surface area contributed by atoms with Crippen LogP contribution in [0.2, 0.25) is 0 Å². The zero-order valence-corrected chi connectivity index (χ0v) is 42.9. The van der Waals surface area contributed by atoms with Crippen LogP contribution < -0.4 is 50.8 Å². The Kier molecular flexibility index (Phi) is 19.8. The minimum atomic E-state index is 0.0359. The van der Waals surface area contributed by atoms with Crippen LogP contribution in [0.1, 0.15) is 128 Å². The summed E-state index contributed by atoms with van der Waals surface area (Å²) in [5, 5.41) is 21.8. The average Bonchev–Trinajstić information content (AvgIpc) is 3.24. The molecule has 6 N–H and O–H groups in total. The third kappa shape index (κ3) is 17.2. The summed E-state index contributed by atoms with van der Waals surface area (Å²) in [6.07, 6.45) is 0. The number of ether oxygens (including phenoxy) is 4. The van der Waals surface area contributed by atoms with E-state index in [1.165, 1.54) is 22.3 Å². The SMILES string of the molecule is CC(C)(C)c1ccc2c(c1)CNCCNCCNCc1cc(C(C)(C)C)ccc1OCCOc1ccc(C(C)(C)C)cc1CNCCNCCNCc1cc(C(C)(C)C)ccc1OCCO2. The molecule has 5 rings (SSSR count). The van der Waals surface area contributed by atoms with E-state index in [1.807, 2.05) is 0 Å². The second-order valence-corrected chi connectivity index (χ2v) is 21.9. The van der Waals surface area contributed by atoms with Gasteiger partial charge >= 0.3 is 0 Å². The standard InChI is InChI=1S/C56H86N6O4/c1-53(2,3)45-13-17-49-41(33-45)37-59-25-21-57-22-26-60-39-43-35-47(55(7,8)9)15-19-51(43)65-31-32-66-52-20-16-48(56(10,11)12)36-44(52)40-62-28-24-58-23-27-61-38-42-34-46(54(4,5)6)14-18-50(42)64-30-29-63-49/h13-20,33-36,57-62H,21-32,37-40H2,1-12H3. The van der Waals surface area contributed by atoms with Gasteiger partial charge in [-0.2, -0.15) is 0 Å². The molecule has 10 heteroatoms. The molecule has 0 unspecified atom stereocenters. The largest absolute Gasteiger partial charge is 0.490 e. The van der Waals surface area contributed by atoms with Crippen molar-refractivity contribution < 1.29 is 18.9 Å². The summed E-state index contributed by atoms with van der Waals surface area (Å²) in [4.78, 5) is 0. The molecular weight excluding hydrogens is 821 g/mol. The van der Waals surface area contributed by atoms with Crippen LogP contribution in [-0.2, 0) is 47.8 Å². The lowest BCUT2D eigenvalue weighted by molar-refractivity contribution is 0.214. The smallest absolute Gasteiger partial charge is 0.123 e. The summed E-state index contributed by atoms with van der Waals surface area (Å²) in [7, 11) is 0. The van der Waals surface area contributed by atoms with Gasteiger partial charge in [-0.3, -0.25) is 0 Å². The van der Waals surface area contributed by atoms with Crippen molar-refractivity contribution in [3.63, 3.8) is 0 Å². The Labute approximate surface area is 399 Å². The van der Waals surface area contributed by atoms with Crippen molar-refractivity contribution in [3.05, 3.63) is 117 Å². The zero-order valence-electron chi connectivity index (χ0n) is 42.9. The van der Waals surface area contributed by atoms with Crippen LogP contribution in [0.25, 0.3) is 0 Å². The number of hydrogen-bond donors (Lipinski definition) is 6. The van der Waals surface area contributed by atoms with E-state index in [2.05, 4.69) is 188 Å². The lowest BCUT2D eigenvalue weighted by Gasteiger charge is -2.23. The average molecular weight is 907 g/mol. The Morgan fingerprint density at radius 2 is 0.485 bits per heavy atom. The molecule has 0 aromatic heterocycles. The lowest BCUT2D eigenvalue weighted by atomic mass is 9.86. The Hall–Kier alpha value is -4.16. The van der Waals surface area contributed by atoms with Crippen LogP contribution >= 0.6 is 0 Å². The van der Waals surface area contributed by atoms with Crippen LogP contribution in [0.4, 0.5) is 0 Å². The van der Waals surface area contributed by atoms with E-state index in [-0.39, 0.29) is 21.7 Å². The molecule has 4 aromatic rings.